The Kier molecular flexibility index (Phi) is 10.3. The van der Waals surface area contributed by atoms with E-state index in [1.807, 2.05) is 0 Å². The van der Waals surface area contributed by atoms with Crippen LogP contribution in [0.1, 0.15) is 44.1 Å². The largest absolute Gasteiger partial charge is 0.508 e. The lowest BCUT2D eigenvalue weighted by atomic mass is 10.0. The number of carboxylic acids is 1. The highest BCUT2D eigenvalue weighted by atomic mass is 16.4. The van der Waals surface area contributed by atoms with Crippen LogP contribution < -0.4 is 27.4 Å². The van der Waals surface area contributed by atoms with E-state index in [9.17, 15) is 29.4 Å². The highest BCUT2D eigenvalue weighted by Gasteiger charge is 2.39. The van der Waals surface area contributed by atoms with Gasteiger partial charge < -0.3 is 42.5 Å². The second-order valence-electron chi connectivity index (χ2n) is 9.62. The third-order valence-electron chi connectivity index (χ3n) is 6.77. The lowest BCUT2D eigenvalue weighted by molar-refractivity contribution is -0.145. The number of aliphatic carboxylic acids is 1. The number of amides is 3. The fourth-order valence-corrected chi connectivity index (χ4v) is 4.78. The number of aliphatic imine (C=N–C) groups is 1. The Labute approximate surface area is 221 Å². The number of carboxylic acid groups (broad SMARTS) is 1. The molecule has 4 unspecified atom stereocenters. The zero-order chi connectivity index (χ0) is 27.7. The molecule has 0 aromatic heterocycles. The van der Waals surface area contributed by atoms with Gasteiger partial charge in [0.25, 0.3) is 0 Å². The van der Waals surface area contributed by atoms with Crippen LogP contribution in [0.4, 0.5) is 0 Å². The molecule has 0 bridgehead atoms. The van der Waals surface area contributed by atoms with Crippen molar-refractivity contribution in [3.05, 3.63) is 29.8 Å². The minimum atomic E-state index is -1.19. The number of rotatable bonds is 12. The van der Waals surface area contributed by atoms with Crippen LogP contribution in [0.2, 0.25) is 0 Å². The monoisotopic (exact) mass is 531 g/mol. The van der Waals surface area contributed by atoms with E-state index in [-0.39, 0.29) is 37.0 Å². The highest BCUT2D eigenvalue weighted by Crippen LogP contribution is 2.21. The molecule has 13 heteroatoms. The van der Waals surface area contributed by atoms with Crippen molar-refractivity contribution in [2.75, 3.05) is 19.6 Å². The third-order valence-corrected chi connectivity index (χ3v) is 6.77. The zero-order valence-electron chi connectivity index (χ0n) is 21.3. The first-order valence-corrected chi connectivity index (χ1v) is 12.9. The molecule has 1 aromatic carbocycles. The van der Waals surface area contributed by atoms with Gasteiger partial charge in [0.2, 0.25) is 17.7 Å². The van der Waals surface area contributed by atoms with Crippen molar-refractivity contribution in [3.63, 3.8) is 0 Å². The predicted molar refractivity (Wildman–Crippen MR) is 139 cm³/mol. The first-order valence-electron chi connectivity index (χ1n) is 12.9. The van der Waals surface area contributed by atoms with Crippen molar-refractivity contribution in [3.8, 4) is 5.75 Å². The zero-order valence-corrected chi connectivity index (χ0v) is 21.3. The Morgan fingerprint density at radius 1 is 1.05 bits per heavy atom. The van der Waals surface area contributed by atoms with Gasteiger partial charge in [-0.3, -0.25) is 19.4 Å². The van der Waals surface area contributed by atoms with Crippen molar-refractivity contribution in [1.82, 2.24) is 20.9 Å². The minimum Gasteiger partial charge on any atom is -0.508 e. The van der Waals surface area contributed by atoms with Crippen LogP contribution in [-0.4, -0.2) is 88.6 Å². The van der Waals surface area contributed by atoms with Crippen LogP contribution in [0.15, 0.2) is 29.3 Å². The van der Waals surface area contributed by atoms with Gasteiger partial charge in [-0.15, -0.1) is 0 Å². The molecule has 2 aliphatic rings. The summed E-state index contributed by atoms with van der Waals surface area (Å²) in [6.07, 6.45) is 3.11. The molecule has 0 saturated carbocycles. The predicted octanol–water partition coefficient (Wildman–Crippen LogP) is -1.21. The molecule has 0 radical (unpaired) electrons. The SMILES string of the molecule is NC(N)=NCCCC(NC(=O)C1CCCN1C(=O)C(Cc1ccc(O)cc1)NC(=O)C1CCCN1)C(=O)O. The summed E-state index contributed by atoms with van der Waals surface area (Å²) in [5, 5.41) is 27.7. The molecular formula is C25H37N7O6. The van der Waals surface area contributed by atoms with E-state index < -0.39 is 42.0 Å². The number of nitrogens with two attached hydrogens (primary N) is 2. The highest BCUT2D eigenvalue weighted by molar-refractivity contribution is 5.94. The molecule has 3 rings (SSSR count). The van der Waals surface area contributed by atoms with E-state index in [0.717, 1.165) is 18.5 Å². The van der Waals surface area contributed by atoms with E-state index in [1.165, 1.54) is 17.0 Å². The summed E-state index contributed by atoms with van der Waals surface area (Å²) in [7, 11) is 0. The Morgan fingerprint density at radius 2 is 1.76 bits per heavy atom. The molecule has 9 N–H and O–H groups in total. The van der Waals surface area contributed by atoms with Crippen LogP contribution in [0, 0.1) is 0 Å². The average Bonchev–Trinajstić information content (AvgIpc) is 3.58. The molecule has 1 aromatic rings. The number of phenolic OH excluding ortho intramolecular Hbond substituents is 1. The summed E-state index contributed by atoms with van der Waals surface area (Å²) >= 11 is 0. The van der Waals surface area contributed by atoms with Gasteiger partial charge in [-0.1, -0.05) is 12.1 Å². The number of hydrogen-bond donors (Lipinski definition) is 7. The molecule has 13 nitrogen and oxygen atoms in total. The smallest absolute Gasteiger partial charge is 0.326 e. The van der Waals surface area contributed by atoms with E-state index >= 15 is 0 Å². The summed E-state index contributed by atoms with van der Waals surface area (Å²) in [5.41, 5.74) is 11.3. The Balaban J connectivity index is 1.70. The standard InChI is InChI=1S/C25H37N7O6/c26-25(27)29-12-2-5-18(24(37)38)30-22(35)20-6-3-13-32(20)23(36)19(14-15-7-9-16(33)10-8-15)31-21(34)17-4-1-11-28-17/h7-10,17-20,28,33H,1-6,11-14H2,(H,30,35)(H,31,34)(H,37,38)(H4,26,27,29). The van der Waals surface area contributed by atoms with Gasteiger partial charge in [0.1, 0.15) is 23.9 Å². The summed E-state index contributed by atoms with van der Waals surface area (Å²) in [6, 6.07) is 3.01. The lowest BCUT2D eigenvalue weighted by Gasteiger charge is -2.30. The number of phenols is 1. The molecule has 4 atom stereocenters. The van der Waals surface area contributed by atoms with Gasteiger partial charge in [0.15, 0.2) is 5.96 Å². The topological polar surface area (TPSA) is 212 Å². The second-order valence-corrected chi connectivity index (χ2v) is 9.62. The molecule has 208 valence electrons. The van der Waals surface area contributed by atoms with Crippen LogP contribution >= 0.6 is 0 Å². The van der Waals surface area contributed by atoms with Crippen molar-refractivity contribution in [1.29, 1.82) is 0 Å². The maximum atomic E-state index is 13.7. The molecule has 0 aliphatic carbocycles. The van der Waals surface area contributed by atoms with Gasteiger partial charge in [-0.2, -0.15) is 0 Å². The molecule has 38 heavy (non-hydrogen) atoms. The molecule has 3 amide bonds. The van der Waals surface area contributed by atoms with Crippen LogP contribution in [-0.2, 0) is 25.6 Å². The summed E-state index contributed by atoms with van der Waals surface area (Å²) in [6.45, 7) is 1.26. The van der Waals surface area contributed by atoms with Crippen LogP contribution in [0.3, 0.4) is 0 Å². The number of carbonyl (C=O) groups excluding carboxylic acids is 3. The van der Waals surface area contributed by atoms with Crippen molar-refractivity contribution >= 4 is 29.7 Å². The number of nitrogens with one attached hydrogen (secondary N) is 3. The number of likely N-dealkylation sites (tertiary alicyclic amines) is 1. The van der Waals surface area contributed by atoms with Gasteiger partial charge in [-0.05, 0) is 62.8 Å². The third kappa shape index (κ3) is 8.07. The van der Waals surface area contributed by atoms with Crippen molar-refractivity contribution in [2.24, 2.45) is 16.5 Å². The number of benzene rings is 1. The van der Waals surface area contributed by atoms with E-state index in [1.54, 1.807) is 12.1 Å². The Bertz CT molecular complexity index is 1020. The maximum Gasteiger partial charge on any atom is 0.326 e. The average molecular weight is 532 g/mol. The normalized spacial score (nSPS) is 20.4. The van der Waals surface area contributed by atoms with Crippen molar-refractivity contribution < 1.29 is 29.4 Å². The quantitative estimate of drug-likeness (QED) is 0.0977. The molecular weight excluding hydrogens is 494 g/mol. The Hall–Kier alpha value is -3.87. The van der Waals surface area contributed by atoms with Gasteiger partial charge in [-0.25, -0.2) is 4.79 Å². The molecule has 2 fully saturated rings. The molecule has 2 aliphatic heterocycles. The summed E-state index contributed by atoms with van der Waals surface area (Å²) in [4.78, 5) is 56.6. The molecule has 2 heterocycles. The van der Waals surface area contributed by atoms with Gasteiger partial charge in [0, 0.05) is 19.5 Å². The number of carbonyl (C=O) groups is 4. The fourth-order valence-electron chi connectivity index (χ4n) is 4.78. The minimum absolute atomic E-state index is 0.0818. The molecule has 2 saturated heterocycles. The second kappa shape index (κ2) is 13.6. The van der Waals surface area contributed by atoms with Crippen LogP contribution in [0.25, 0.3) is 0 Å². The number of aromatic hydroxyl groups is 1. The molecule has 0 spiro atoms. The first-order chi connectivity index (χ1) is 18.2. The van der Waals surface area contributed by atoms with E-state index in [2.05, 4.69) is 20.9 Å². The number of guanidine groups is 1. The van der Waals surface area contributed by atoms with Gasteiger partial charge >= 0.3 is 5.97 Å². The van der Waals surface area contributed by atoms with E-state index in [4.69, 9.17) is 11.5 Å². The number of nitrogens with zero attached hydrogens (tertiary/aromatic N) is 2. The maximum absolute atomic E-state index is 13.7. The van der Waals surface area contributed by atoms with Gasteiger partial charge in [0.05, 0.1) is 6.04 Å². The summed E-state index contributed by atoms with van der Waals surface area (Å²) < 4.78 is 0. The first kappa shape index (κ1) is 28.7. The lowest BCUT2D eigenvalue weighted by Crippen LogP contribution is -2.57. The fraction of sp³-hybridized carbons (Fsp3) is 0.560. The van der Waals surface area contributed by atoms with E-state index in [0.29, 0.717) is 32.2 Å². The number of hydrogen-bond acceptors (Lipinski definition) is 7. The van der Waals surface area contributed by atoms with Crippen molar-refractivity contribution in [2.45, 2.75) is 69.1 Å². The van der Waals surface area contributed by atoms with Crippen LogP contribution in [0.5, 0.6) is 5.75 Å². The summed E-state index contributed by atoms with van der Waals surface area (Å²) in [5.74, 6) is -2.47. The Morgan fingerprint density at radius 3 is 2.39 bits per heavy atom.